The highest BCUT2D eigenvalue weighted by molar-refractivity contribution is 3.80. The van der Waals surface area contributed by atoms with Gasteiger partial charge in [0.15, 0.2) is 0 Å². The summed E-state index contributed by atoms with van der Waals surface area (Å²) in [5, 5.41) is 0.500. The first-order chi connectivity index (χ1) is 1.73. The molecule has 0 saturated heterocycles. The lowest BCUT2D eigenvalue weighted by Gasteiger charge is -1.91. The Labute approximate surface area is 29.5 Å². The third-order valence-corrected chi connectivity index (χ3v) is 0. The van der Waals surface area contributed by atoms with Crippen molar-refractivity contribution in [1.82, 2.24) is 5.23 Å². The van der Waals surface area contributed by atoms with Crippen molar-refractivity contribution in [1.29, 1.82) is 0 Å². The summed E-state index contributed by atoms with van der Waals surface area (Å²) in [6.45, 7) is 0. The van der Waals surface area contributed by atoms with E-state index < -0.39 is 0 Å². The van der Waals surface area contributed by atoms with Crippen molar-refractivity contribution in [3.05, 3.63) is 0 Å². The molecule has 34 valence electrons. The van der Waals surface area contributed by atoms with Crippen LogP contribution in [-0.2, 0) is 0 Å². The van der Waals surface area contributed by atoms with Crippen molar-refractivity contribution in [2.75, 3.05) is 0 Å². The summed E-state index contributed by atoms with van der Waals surface area (Å²) in [4.78, 5) is 0. The van der Waals surface area contributed by atoms with Gasteiger partial charge in [-0.1, -0.05) is 0 Å². The predicted molar refractivity (Wildman–Crippen MR) is 18.0 cm³/mol. The molecule has 8 N–H and O–H groups in total. The van der Waals surface area contributed by atoms with Crippen molar-refractivity contribution in [2.24, 2.45) is 17.5 Å². The van der Waals surface area contributed by atoms with E-state index in [4.69, 9.17) is 0 Å². The second kappa shape index (κ2) is 3.80. The summed E-state index contributed by atoms with van der Waals surface area (Å²) < 4.78 is 0. The van der Waals surface area contributed by atoms with Gasteiger partial charge in [0.2, 0.25) is 0 Å². The maximum atomic E-state index is 4.50. The van der Waals surface area contributed by atoms with Crippen molar-refractivity contribution in [3.63, 3.8) is 0 Å². The van der Waals surface area contributed by atoms with Crippen LogP contribution >= 0.6 is 0 Å². The molecule has 0 aromatic rings. The average molecular weight is 80.1 g/mol. The summed E-state index contributed by atoms with van der Waals surface area (Å²) >= 11 is 0. The van der Waals surface area contributed by atoms with E-state index in [0.717, 1.165) is 0 Å². The molecule has 0 radical (unpaired) electrons. The number of rotatable bonds is 0. The molecule has 0 atom stereocenters. The quantitative estimate of drug-likeness (QED) is 0.214. The molecular weight excluding hydrogens is 72.0 g/mol. The van der Waals surface area contributed by atoms with Crippen LogP contribution in [0.25, 0.3) is 0 Å². The zero-order valence-electron chi connectivity index (χ0n) is 2.68. The Balaban J connectivity index is 0. The third-order valence-electron chi connectivity index (χ3n) is 0. The van der Waals surface area contributed by atoms with Gasteiger partial charge in [-0.15, -0.1) is 5.23 Å². The third kappa shape index (κ3) is 308. The fourth-order valence-electron chi connectivity index (χ4n) is 0. The molecule has 0 aliphatic heterocycles. The van der Waals surface area contributed by atoms with Gasteiger partial charge in [0, 0.05) is 0 Å². The maximum absolute atomic E-state index is 4.50. The monoisotopic (exact) mass is 80.1 g/mol. The van der Waals surface area contributed by atoms with E-state index in [1.54, 1.807) is 0 Å². The Bertz CT molecular complexity index is 8.36. The molecule has 0 rings (SSSR count). The van der Waals surface area contributed by atoms with Crippen LogP contribution < -0.4 is 17.5 Å². The summed E-state index contributed by atoms with van der Waals surface area (Å²) in [6, 6.07) is 0. The predicted octanol–water partition coefficient (Wildman–Crippen LogP) is -2.92. The maximum Gasteiger partial charge on any atom is -0.120 e. The van der Waals surface area contributed by atoms with E-state index >= 15 is 0 Å². The highest BCUT2D eigenvalue weighted by Gasteiger charge is 1.55. The largest absolute Gasteiger partial charge is 0.412 e. The van der Waals surface area contributed by atoms with Gasteiger partial charge < -0.3 is 5.48 Å². The van der Waals surface area contributed by atoms with Crippen LogP contribution in [0.1, 0.15) is 0 Å². The number of hydrogen-bond donors (Lipinski definition) is 3. The van der Waals surface area contributed by atoms with Crippen molar-refractivity contribution in [3.8, 4) is 0 Å². The summed E-state index contributed by atoms with van der Waals surface area (Å²) in [7, 11) is 0. The van der Waals surface area contributed by atoms with E-state index in [0.29, 0.717) is 5.23 Å². The average Bonchev–Trinajstić information content (AvgIpc) is 0.811. The first-order valence-corrected chi connectivity index (χ1v) is 0.775. The Morgan fingerprint density at radius 3 is 1.00 bits per heavy atom. The van der Waals surface area contributed by atoms with Crippen molar-refractivity contribution < 1.29 is 5.48 Å². The molecule has 0 spiro atoms. The van der Waals surface area contributed by atoms with Gasteiger partial charge in [-0.3, -0.25) is 0 Å². The summed E-state index contributed by atoms with van der Waals surface area (Å²) in [5.74, 6) is 13.5. The van der Waals surface area contributed by atoms with Gasteiger partial charge >= 0.3 is 0 Å². The zero-order valence-corrected chi connectivity index (χ0v) is 2.68. The normalized spacial score (nSPS) is 7.20. The van der Waals surface area contributed by atoms with Gasteiger partial charge in [-0.2, -0.15) is 0 Å². The molecule has 5 heavy (non-hydrogen) atoms. The van der Waals surface area contributed by atoms with Gasteiger partial charge in [-0.25, -0.2) is 17.5 Å². The van der Waals surface area contributed by atoms with Crippen LogP contribution in [0.3, 0.4) is 0 Å². The minimum atomic E-state index is 0. The Morgan fingerprint density at radius 2 is 1.00 bits per heavy atom. The number of hydrazine groups is 3. The molecule has 0 unspecified atom stereocenters. The Morgan fingerprint density at radius 1 is 1.00 bits per heavy atom. The fourth-order valence-corrected chi connectivity index (χ4v) is 0. The topological polar surface area (TPSA) is 113 Å². The van der Waals surface area contributed by atoms with Gasteiger partial charge in [0.1, 0.15) is 0 Å². The highest BCUT2D eigenvalue weighted by atomic mass is 16.0. The lowest BCUT2D eigenvalue weighted by atomic mass is 12.3. The van der Waals surface area contributed by atoms with Crippen LogP contribution in [0.5, 0.6) is 0 Å². The minimum absolute atomic E-state index is 0. The van der Waals surface area contributed by atoms with Gasteiger partial charge in [0.25, 0.3) is 0 Å². The molecule has 0 fully saturated rings. The number of nitrogens with two attached hydrogens (primary N) is 3. The first kappa shape index (κ1) is 8.84. The highest BCUT2D eigenvalue weighted by Crippen LogP contribution is 1.10. The van der Waals surface area contributed by atoms with Crippen LogP contribution in [0.15, 0.2) is 0 Å². The summed E-state index contributed by atoms with van der Waals surface area (Å²) in [6.07, 6.45) is 0. The van der Waals surface area contributed by atoms with Crippen LogP contribution in [0.4, 0.5) is 0 Å². The van der Waals surface area contributed by atoms with Gasteiger partial charge in [-0.05, 0) is 0 Å². The molecule has 0 aliphatic rings. The Hall–Kier alpha value is -0.200. The minimum Gasteiger partial charge on any atom is -0.412 e. The van der Waals surface area contributed by atoms with Gasteiger partial charge in [0.05, 0.1) is 0 Å². The van der Waals surface area contributed by atoms with Crippen molar-refractivity contribution in [2.45, 2.75) is 0 Å². The lowest BCUT2D eigenvalue weighted by Crippen LogP contribution is -2.43. The SMILES string of the molecule is NN(N)N.O. The second-order valence-corrected chi connectivity index (χ2v) is 0.447. The zero-order chi connectivity index (χ0) is 3.58. The smallest absolute Gasteiger partial charge is 0.120 e. The second-order valence-electron chi connectivity index (χ2n) is 0.447. The number of hydrogen-bond acceptors (Lipinski definition) is 4. The van der Waals surface area contributed by atoms with Crippen LogP contribution in [0, 0.1) is 0 Å². The standard InChI is InChI=1S/H6N4.H2O/c1-4(2)3;/h1-3H2;1H2. The van der Waals surface area contributed by atoms with E-state index in [-0.39, 0.29) is 5.48 Å². The van der Waals surface area contributed by atoms with E-state index in [1.807, 2.05) is 0 Å². The van der Waals surface area contributed by atoms with E-state index in [2.05, 4.69) is 17.5 Å². The molecule has 0 bridgehead atoms. The summed E-state index contributed by atoms with van der Waals surface area (Å²) in [5.41, 5.74) is 0. The molecular formula is H8N4O. The molecule has 0 amide bonds. The van der Waals surface area contributed by atoms with E-state index in [9.17, 15) is 0 Å². The first-order valence-electron chi connectivity index (χ1n) is 0.775. The molecule has 0 saturated carbocycles. The lowest BCUT2D eigenvalue weighted by molar-refractivity contribution is 0.306. The van der Waals surface area contributed by atoms with E-state index in [1.165, 1.54) is 0 Å². The number of nitrogens with zero attached hydrogens (tertiary/aromatic N) is 1. The molecule has 0 heterocycles. The van der Waals surface area contributed by atoms with Crippen LogP contribution in [-0.4, -0.2) is 10.7 Å². The molecule has 5 heteroatoms. The molecule has 0 aliphatic carbocycles. The molecule has 5 nitrogen and oxygen atoms in total. The molecule has 0 aromatic heterocycles. The van der Waals surface area contributed by atoms with Crippen molar-refractivity contribution >= 4 is 0 Å². The Kier molecular flexibility index (Phi) is 6.72. The molecule has 0 aromatic carbocycles. The van der Waals surface area contributed by atoms with Crippen LogP contribution in [0.2, 0.25) is 0 Å². The fraction of sp³-hybridized carbons (Fsp3) is 0.